The molecule has 0 fully saturated rings. The first-order valence-corrected chi connectivity index (χ1v) is 11.2. The topological polar surface area (TPSA) is 172 Å². The van der Waals surface area contributed by atoms with Crippen LogP contribution >= 0.6 is 11.6 Å². The lowest BCUT2D eigenvalue weighted by Crippen LogP contribution is -2.33. The number of aromatic nitrogens is 3. The number of nitrogens with one attached hydrogen (secondary N) is 1. The molecule has 3 aromatic rings. The molecule has 0 spiro atoms. The molecule has 0 aliphatic heterocycles. The normalized spacial score (nSPS) is 12.4. The quantitative estimate of drug-likeness (QED) is 0.351. The van der Waals surface area contributed by atoms with Gasteiger partial charge in [-0.05, 0) is 50.6 Å². The van der Waals surface area contributed by atoms with Gasteiger partial charge in [0.05, 0.1) is 16.6 Å². The number of amides is 3. The molecule has 0 saturated carbocycles. The largest absolute Gasteiger partial charge is 0.398 e. The maximum Gasteiger partial charge on any atom is 0.254 e. The van der Waals surface area contributed by atoms with Crippen LogP contribution in [-0.4, -0.2) is 32.5 Å². The van der Waals surface area contributed by atoms with Gasteiger partial charge in [-0.2, -0.15) is 5.10 Å². The van der Waals surface area contributed by atoms with Crippen molar-refractivity contribution in [2.45, 2.75) is 32.7 Å². The minimum Gasteiger partial charge on any atom is -0.398 e. The summed E-state index contributed by atoms with van der Waals surface area (Å²) >= 11 is 5.95. The van der Waals surface area contributed by atoms with Gasteiger partial charge in [0, 0.05) is 29.6 Å². The van der Waals surface area contributed by atoms with Crippen LogP contribution < -0.4 is 22.5 Å². The Morgan fingerprint density at radius 3 is 2.39 bits per heavy atom. The van der Waals surface area contributed by atoms with E-state index in [0.717, 1.165) is 18.2 Å². The molecule has 12 heteroatoms. The molecule has 0 aliphatic rings. The Bertz CT molecular complexity index is 1370. The van der Waals surface area contributed by atoms with E-state index in [9.17, 15) is 18.8 Å². The third kappa shape index (κ3) is 5.52. The number of carbonyl (C=O) groups excluding carboxylic acids is 3. The zero-order valence-electron chi connectivity index (χ0n) is 19.8. The van der Waals surface area contributed by atoms with Crippen LogP contribution in [0.5, 0.6) is 0 Å². The van der Waals surface area contributed by atoms with Gasteiger partial charge in [0.2, 0.25) is 5.91 Å². The first-order valence-electron chi connectivity index (χ1n) is 10.8. The number of benzene rings is 1. The van der Waals surface area contributed by atoms with Crippen molar-refractivity contribution in [1.82, 2.24) is 20.1 Å². The molecule has 3 amide bonds. The third-order valence-electron chi connectivity index (χ3n) is 5.38. The van der Waals surface area contributed by atoms with E-state index in [2.05, 4.69) is 15.4 Å². The first kappa shape index (κ1) is 26.4. The highest BCUT2D eigenvalue weighted by Gasteiger charge is 2.24. The van der Waals surface area contributed by atoms with Crippen LogP contribution in [0.3, 0.4) is 0 Å². The second-order valence-corrected chi connectivity index (χ2v) is 8.69. The fourth-order valence-electron chi connectivity index (χ4n) is 3.42. The van der Waals surface area contributed by atoms with E-state index < -0.39 is 29.5 Å². The predicted octanol–water partition coefficient (Wildman–Crippen LogP) is 2.75. The number of hydrogen-bond donors (Lipinski definition) is 4. The molecule has 1 aromatic carbocycles. The van der Waals surface area contributed by atoms with Crippen LogP contribution in [0.2, 0.25) is 5.02 Å². The number of imide groups is 1. The number of nitrogens with two attached hydrogens (primary N) is 3. The van der Waals surface area contributed by atoms with Crippen molar-refractivity contribution in [3.63, 3.8) is 0 Å². The number of hydrogen-bond acceptors (Lipinski definition) is 7. The molecule has 1 unspecified atom stereocenters. The van der Waals surface area contributed by atoms with E-state index in [-0.39, 0.29) is 39.4 Å². The second kappa shape index (κ2) is 10.6. The van der Waals surface area contributed by atoms with Gasteiger partial charge in [0.25, 0.3) is 11.8 Å². The number of rotatable bonds is 7. The summed E-state index contributed by atoms with van der Waals surface area (Å²) < 4.78 is 14.7. The minimum atomic E-state index is -0.768. The van der Waals surface area contributed by atoms with Crippen molar-refractivity contribution in [1.29, 1.82) is 0 Å². The fourth-order valence-corrected chi connectivity index (χ4v) is 3.70. The number of nitrogens with zero attached hydrogens (tertiary/aromatic N) is 3. The van der Waals surface area contributed by atoms with Crippen LogP contribution in [0.15, 0.2) is 42.6 Å². The third-order valence-corrected chi connectivity index (χ3v) is 5.69. The van der Waals surface area contributed by atoms with E-state index >= 15 is 0 Å². The molecule has 7 N–H and O–H groups in total. The molecule has 2 aromatic heterocycles. The molecule has 1 atom stereocenters. The maximum absolute atomic E-state index is 13.2. The Kier molecular flexibility index (Phi) is 7.74. The number of carbonyl (C=O) groups is 3. The number of pyridine rings is 1. The predicted molar refractivity (Wildman–Crippen MR) is 134 cm³/mol. The maximum atomic E-state index is 13.2. The average molecular weight is 514 g/mol. The zero-order valence-corrected chi connectivity index (χ0v) is 20.5. The van der Waals surface area contributed by atoms with Gasteiger partial charge < -0.3 is 17.2 Å². The zero-order chi connectivity index (χ0) is 26.7. The summed E-state index contributed by atoms with van der Waals surface area (Å²) in [5.74, 6) is -3.27. The van der Waals surface area contributed by atoms with Gasteiger partial charge in [-0.15, -0.1) is 0 Å². The summed E-state index contributed by atoms with van der Waals surface area (Å²) in [6.45, 7) is 5.30. The Morgan fingerprint density at radius 2 is 1.83 bits per heavy atom. The summed E-state index contributed by atoms with van der Waals surface area (Å²) in [4.78, 5) is 41.2. The summed E-state index contributed by atoms with van der Waals surface area (Å²) in [6.07, 6.45) is 2.42. The molecule has 188 valence electrons. The van der Waals surface area contributed by atoms with Crippen molar-refractivity contribution >= 4 is 40.8 Å². The molecular formula is C24H25ClFN7O3. The lowest BCUT2D eigenvalue weighted by Gasteiger charge is -2.11. The van der Waals surface area contributed by atoms with E-state index in [4.69, 9.17) is 28.8 Å². The van der Waals surface area contributed by atoms with E-state index in [1.165, 1.54) is 16.9 Å². The number of anilines is 1. The van der Waals surface area contributed by atoms with Crippen LogP contribution in [0.1, 0.15) is 54.2 Å². The van der Waals surface area contributed by atoms with Gasteiger partial charge in [-0.25, -0.2) is 9.07 Å². The van der Waals surface area contributed by atoms with E-state index in [1.54, 1.807) is 19.1 Å². The van der Waals surface area contributed by atoms with Gasteiger partial charge in [0.1, 0.15) is 22.9 Å². The van der Waals surface area contributed by atoms with Crippen molar-refractivity contribution in [2.75, 3.05) is 5.73 Å². The fraction of sp³-hybridized carbons (Fsp3) is 0.208. The lowest BCUT2D eigenvalue weighted by atomic mass is 10.0. The van der Waals surface area contributed by atoms with Crippen LogP contribution in [0.25, 0.3) is 17.1 Å². The average Bonchev–Trinajstić information content (AvgIpc) is 3.16. The van der Waals surface area contributed by atoms with Gasteiger partial charge in [-0.3, -0.25) is 24.7 Å². The number of primary amides is 1. The lowest BCUT2D eigenvalue weighted by molar-refractivity contribution is -0.128. The van der Waals surface area contributed by atoms with Crippen LogP contribution in [-0.2, 0) is 9.59 Å². The molecule has 0 bridgehead atoms. The molecular weight excluding hydrogens is 489 g/mol. The van der Waals surface area contributed by atoms with E-state index in [0.29, 0.717) is 11.3 Å². The van der Waals surface area contributed by atoms with Crippen molar-refractivity contribution in [2.24, 2.45) is 11.5 Å². The van der Waals surface area contributed by atoms with Crippen molar-refractivity contribution in [3.8, 4) is 11.4 Å². The Balaban J connectivity index is 1.76. The summed E-state index contributed by atoms with van der Waals surface area (Å²) in [7, 11) is 0. The van der Waals surface area contributed by atoms with Crippen molar-refractivity contribution in [3.05, 3.63) is 70.1 Å². The highest BCUT2D eigenvalue weighted by atomic mass is 35.5. The standard InChI is InChI=1S/C24H25ClFN7O3/c1-11(2)33-22(28)20(23(29)35)21(32-33)18-7-4-13(10-30-18)12(3)24(36)31-19(34)9-17(27)15-6-5-14(26)8-16(15)25/h4-12H,27-28H2,1-3H3,(H2,29,35)(H,31,34,36). The Labute approximate surface area is 211 Å². The molecule has 0 aliphatic carbocycles. The first-order chi connectivity index (χ1) is 16.9. The van der Waals surface area contributed by atoms with E-state index in [1.807, 2.05) is 13.8 Å². The Morgan fingerprint density at radius 1 is 1.14 bits per heavy atom. The minimum absolute atomic E-state index is 0.0295. The number of nitrogen functional groups attached to an aromatic ring is 1. The summed E-state index contributed by atoms with van der Waals surface area (Å²) in [6, 6.07) is 6.63. The van der Waals surface area contributed by atoms with Gasteiger partial charge >= 0.3 is 0 Å². The summed E-state index contributed by atoms with van der Waals surface area (Å²) in [5.41, 5.74) is 18.8. The molecule has 2 heterocycles. The van der Waals surface area contributed by atoms with Crippen LogP contribution in [0, 0.1) is 5.82 Å². The second-order valence-electron chi connectivity index (χ2n) is 8.29. The molecule has 0 radical (unpaired) electrons. The molecule has 10 nitrogen and oxygen atoms in total. The SMILES string of the molecule is CC(C(=O)NC(=O)C=C(N)c1ccc(F)cc1Cl)c1ccc(-c2nn(C(C)C)c(N)c2C(N)=O)nc1. The highest BCUT2D eigenvalue weighted by molar-refractivity contribution is 6.32. The highest BCUT2D eigenvalue weighted by Crippen LogP contribution is 2.28. The monoisotopic (exact) mass is 513 g/mol. The molecule has 3 rings (SSSR count). The molecule has 36 heavy (non-hydrogen) atoms. The number of halogens is 2. The van der Waals surface area contributed by atoms with Crippen molar-refractivity contribution < 1.29 is 18.8 Å². The Hall–Kier alpha value is -4.25. The molecule has 0 saturated heterocycles. The van der Waals surface area contributed by atoms with Gasteiger partial charge in [-0.1, -0.05) is 17.7 Å². The van der Waals surface area contributed by atoms with Gasteiger partial charge in [0.15, 0.2) is 0 Å². The van der Waals surface area contributed by atoms with Crippen LogP contribution in [0.4, 0.5) is 10.2 Å². The smallest absolute Gasteiger partial charge is 0.254 e. The summed E-state index contributed by atoms with van der Waals surface area (Å²) in [5, 5.41) is 6.63.